The molecule has 7 heteroatoms. The molecule has 0 saturated carbocycles. The number of hydrogen-bond donors (Lipinski definition) is 2. The quantitative estimate of drug-likeness (QED) is 0.626. The van der Waals surface area contributed by atoms with E-state index in [1.165, 1.54) is 18.0 Å². The highest BCUT2D eigenvalue weighted by molar-refractivity contribution is 5.69. The number of aliphatic hydroxyl groups excluding tert-OH is 1. The zero-order valence-electron chi connectivity index (χ0n) is 8.33. The average molecular weight is 215 g/mol. The van der Waals surface area contributed by atoms with Gasteiger partial charge in [-0.1, -0.05) is 5.21 Å². The first kappa shape index (κ1) is 11.6. The molecule has 1 atom stereocenters. The first-order chi connectivity index (χ1) is 7.11. The van der Waals surface area contributed by atoms with Crippen LogP contribution < -0.4 is 0 Å². The Hall–Kier alpha value is -1.47. The summed E-state index contributed by atoms with van der Waals surface area (Å²) in [5.41, 5.74) is 0.368. The van der Waals surface area contributed by atoms with Crippen molar-refractivity contribution in [2.24, 2.45) is 0 Å². The monoisotopic (exact) mass is 215 g/mol. The van der Waals surface area contributed by atoms with Gasteiger partial charge in [0.15, 0.2) is 0 Å². The van der Waals surface area contributed by atoms with Crippen molar-refractivity contribution in [2.75, 3.05) is 13.7 Å². The Labute approximate surface area is 86.3 Å². The SMILES string of the molecule is COCC(O)Cn1cc(CC(=O)O)nn1. The second-order valence-corrected chi connectivity index (χ2v) is 3.11. The lowest BCUT2D eigenvalue weighted by molar-refractivity contribution is -0.136. The van der Waals surface area contributed by atoms with Crippen LogP contribution in [0.4, 0.5) is 0 Å². The molecule has 7 nitrogen and oxygen atoms in total. The van der Waals surface area contributed by atoms with Crippen LogP contribution in [-0.4, -0.2) is 51.0 Å². The molecule has 0 bridgehead atoms. The first-order valence-electron chi connectivity index (χ1n) is 4.39. The van der Waals surface area contributed by atoms with Crippen molar-refractivity contribution >= 4 is 5.97 Å². The number of aromatic nitrogens is 3. The van der Waals surface area contributed by atoms with Crippen LogP contribution in [0.5, 0.6) is 0 Å². The normalized spacial score (nSPS) is 12.7. The zero-order valence-corrected chi connectivity index (χ0v) is 8.33. The summed E-state index contributed by atoms with van der Waals surface area (Å²) in [6, 6.07) is 0. The summed E-state index contributed by atoms with van der Waals surface area (Å²) in [5.74, 6) is -0.959. The predicted molar refractivity (Wildman–Crippen MR) is 49.2 cm³/mol. The van der Waals surface area contributed by atoms with Gasteiger partial charge in [-0.05, 0) is 0 Å². The number of carboxylic acid groups (broad SMARTS) is 1. The van der Waals surface area contributed by atoms with Crippen LogP contribution in [0.2, 0.25) is 0 Å². The highest BCUT2D eigenvalue weighted by Crippen LogP contribution is 1.97. The Balaban J connectivity index is 2.48. The van der Waals surface area contributed by atoms with Crippen molar-refractivity contribution in [1.29, 1.82) is 0 Å². The summed E-state index contributed by atoms with van der Waals surface area (Å²) in [4.78, 5) is 10.4. The molecular weight excluding hydrogens is 202 g/mol. The van der Waals surface area contributed by atoms with Crippen molar-refractivity contribution in [3.8, 4) is 0 Å². The van der Waals surface area contributed by atoms with Gasteiger partial charge in [-0.3, -0.25) is 4.79 Å². The van der Waals surface area contributed by atoms with E-state index < -0.39 is 12.1 Å². The molecule has 15 heavy (non-hydrogen) atoms. The Morgan fingerprint density at radius 1 is 1.73 bits per heavy atom. The van der Waals surface area contributed by atoms with Gasteiger partial charge in [-0.25, -0.2) is 4.68 Å². The largest absolute Gasteiger partial charge is 0.481 e. The second-order valence-electron chi connectivity index (χ2n) is 3.11. The number of aliphatic carboxylic acids is 1. The van der Waals surface area contributed by atoms with E-state index >= 15 is 0 Å². The fourth-order valence-electron chi connectivity index (χ4n) is 1.12. The van der Waals surface area contributed by atoms with E-state index in [2.05, 4.69) is 10.3 Å². The molecule has 0 spiro atoms. The molecule has 0 amide bonds. The van der Waals surface area contributed by atoms with Gasteiger partial charge in [0.1, 0.15) is 0 Å². The predicted octanol–water partition coefficient (Wildman–Crippen LogP) is -1.09. The van der Waals surface area contributed by atoms with Gasteiger partial charge in [-0.2, -0.15) is 0 Å². The number of methoxy groups -OCH3 is 1. The van der Waals surface area contributed by atoms with Crippen LogP contribution in [0.3, 0.4) is 0 Å². The number of nitrogens with zero attached hydrogens (tertiary/aromatic N) is 3. The lowest BCUT2D eigenvalue weighted by Crippen LogP contribution is -2.21. The van der Waals surface area contributed by atoms with Gasteiger partial charge in [0, 0.05) is 13.3 Å². The minimum Gasteiger partial charge on any atom is -0.481 e. The fourth-order valence-corrected chi connectivity index (χ4v) is 1.12. The Bertz CT molecular complexity index is 325. The maximum absolute atomic E-state index is 10.4. The number of aliphatic hydroxyl groups is 1. The summed E-state index contributed by atoms with van der Waals surface area (Å²) < 4.78 is 6.13. The van der Waals surface area contributed by atoms with E-state index in [0.29, 0.717) is 5.69 Å². The van der Waals surface area contributed by atoms with Gasteiger partial charge in [0.2, 0.25) is 0 Å². The van der Waals surface area contributed by atoms with Crippen LogP contribution in [0.1, 0.15) is 5.69 Å². The van der Waals surface area contributed by atoms with Gasteiger partial charge < -0.3 is 14.9 Å². The molecule has 0 aromatic carbocycles. The maximum Gasteiger partial charge on any atom is 0.309 e. The van der Waals surface area contributed by atoms with Crippen LogP contribution >= 0.6 is 0 Å². The van der Waals surface area contributed by atoms with Gasteiger partial charge in [0.05, 0.1) is 31.4 Å². The molecule has 2 N–H and O–H groups in total. The first-order valence-corrected chi connectivity index (χ1v) is 4.39. The summed E-state index contributed by atoms with van der Waals surface area (Å²) in [7, 11) is 1.49. The van der Waals surface area contributed by atoms with Crippen LogP contribution in [0.15, 0.2) is 6.20 Å². The van der Waals surface area contributed by atoms with Crippen molar-refractivity contribution in [3.63, 3.8) is 0 Å². The summed E-state index contributed by atoms with van der Waals surface area (Å²) >= 11 is 0. The minimum atomic E-state index is -0.959. The zero-order chi connectivity index (χ0) is 11.3. The molecule has 0 saturated heterocycles. The smallest absolute Gasteiger partial charge is 0.309 e. The number of hydrogen-bond acceptors (Lipinski definition) is 5. The molecule has 0 radical (unpaired) electrons. The molecule has 1 aromatic heterocycles. The summed E-state index contributed by atoms with van der Waals surface area (Å²) in [6.45, 7) is 0.439. The lowest BCUT2D eigenvalue weighted by Gasteiger charge is -2.07. The van der Waals surface area contributed by atoms with Crippen molar-refractivity contribution in [2.45, 2.75) is 19.1 Å². The molecule has 0 fully saturated rings. The standard InChI is InChI=1S/C8H13N3O4/c1-15-5-7(12)4-11-3-6(9-10-11)2-8(13)14/h3,7,12H,2,4-5H2,1H3,(H,13,14). The molecular formula is C8H13N3O4. The molecule has 1 aromatic rings. The lowest BCUT2D eigenvalue weighted by atomic mass is 10.3. The van der Waals surface area contributed by atoms with Crippen LogP contribution in [0.25, 0.3) is 0 Å². The van der Waals surface area contributed by atoms with Crippen LogP contribution in [0, 0.1) is 0 Å². The van der Waals surface area contributed by atoms with E-state index in [4.69, 9.17) is 9.84 Å². The third-order valence-electron chi connectivity index (χ3n) is 1.68. The summed E-state index contributed by atoms with van der Waals surface area (Å²) in [6.07, 6.45) is 0.655. The van der Waals surface area contributed by atoms with E-state index in [0.717, 1.165) is 0 Å². The molecule has 1 heterocycles. The highest BCUT2D eigenvalue weighted by Gasteiger charge is 2.09. The number of carboxylic acids is 1. The van der Waals surface area contributed by atoms with Gasteiger partial charge in [0.25, 0.3) is 0 Å². The summed E-state index contributed by atoms with van der Waals surface area (Å²) in [5, 5.41) is 25.2. The van der Waals surface area contributed by atoms with E-state index in [9.17, 15) is 9.90 Å². The second kappa shape index (κ2) is 5.42. The number of ether oxygens (including phenoxy) is 1. The Morgan fingerprint density at radius 3 is 3.07 bits per heavy atom. The average Bonchev–Trinajstić information content (AvgIpc) is 2.51. The Morgan fingerprint density at radius 2 is 2.47 bits per heavy atom. The number of rotatable bonds is 6. The number of carbonyl (C=O) groups is 1. The minimum absolute atomic E-state index is 0.166. The van der Waals surface area contributed by atoms with Gasteiger partial charge >= 0.3 is 5.97 Å². The molecule has 0 aliphatic rings. The topological polar surface area (TPSA) is 97.5 Å². The molecule has 0 aliphatic carbocycles. The molecule has 1 unspecified atom stereocenters. The third kappa shape index (κ3) is 4.05. The van der Waals surface area contributed by atoms with E-state index in [-0.39, 0.29) is 19.6 Å². The third-order valence-corrected chi connectivity index (χ3v) is 1.68. The van der Waals surface area contributed by atoms with Crippen molar-refractivity contribution in [1.82, 2.24) is 15.0 Å². The van der Waals surface area contributed by atoms with Gasteiger partial charge in [-0.15, -0.1) is 5.10 Å². The van der Waals surface area contributed by atoms with E-state index in [1.807, 2.05) is 0 Å². The molecule has 1 rings (SSSR count). The van der Waals surface area contributed by atoms with Crippen LogP contribution in [-0.2, 0) is 22.5 Å². The van der Waals surface area contributed by atoms with Crippen molar-refractivity contribution < 1.29 is 19.7 Å². The highest BCUT2D eigenvalue weighted by atomic mass is 16.5. The van der Waals surface area contributed by atoms with E-state index in [1.54, 1.807) is 0 Å². The fraction of sp³-hybridized carbons (Fsp3) is 0.625. The maximum atomic E-state index is 10.4. The Kier molecular flexibility index (Phi) is 4.19. The molecule has 84 valence electrons. The molecule has 0 aliphatic heterocycles. The van der Waals surface area contributed by atoms with Crippen molar-refractivity contribution in [3.05, 3.63) is 11.9 Å².